The molecule has 3 nitrogen and oxygen atoms in total. The fourth-order valence-electron chi connectivity index (χ4n) is 1.13. The van der Waals surface area contributed by atoms with Crippen molar-refractivity contribution in [3.8, 4) is 0 Å². The first-order chi connectivity index (χ1) is 5.75. The van der Waals surface area contributed by atoms with Crippen molar-refractivity contribution in [3.05, 3.63) is 35.9 Å². The summed E-state index contributed by atoms with van der Waals surface area (Å²) in [7, 11) is -1.38. The van der Waals surface area contributed by atoms with Crippen molar-refractivity contribution in [1.29, 1.82) is 0 Å². The predicted molar refractivity (Wildman–Crippen MR) is 48.4 cm³/mol. The molecule has 0 aromatic heterocycles. The third kappa shape index (κ3) is 2.07. The van der Waals surface area contributed by atoms with Crippen molar-refractivity contribution in [2.45, 2.75) is 5.82 Å². The molecular weight excluding hydrogens is 153 g/mol. The molecule has 0 aliphatic carbocycles. The molecule has 0 amide bonds. The lowest BCUT2D eigenvalue weighted by Gasteiger charge is -2.12. The van der Waals surface area contributed by atoms with E-state index in [9.17, 15) is 0 Å². The molecule has 1 rings (SSSR count). The van der Waals surface area contributed by atoms with Gasteiger partial charge >= 0.3 is 7.12 Å². The molecule has 4 N–H and O–H groups in total. The van der Waals surface area contributed by atoms with Crippen LogP contribution in [0.2, 0.25) is 0 Å². The molecule has 0 heterocycles. The van der Waals surface area contributed by atoms with Crippen molar-refractivity contribution in [2.75, 3.05) is 6.54 Å². The van der Waals surface area contributed by atoms with Gasteiger partial charge in [0, 0.05) is 5.82 Å². The van der Waals surface area contributed by atoms with Gasteiger partial charge in [0.05, 0.1) is 0 Å². The van der Waals surface area contributed by atoms with Gasteiger partial charge in [-0.05, 0) is 12.1 Å². The summed E-state index contributed by atoms with van der Waals surface area (Å²) in [5.41, 5.74) is 6.24. The van der Waals surface area contributed by atoms with Gasteiger partial charge < -0.3 is 15.8 Å². The Morgan fingerprint density at radius 3 is 2.25 bits per heavy atom. The molecule has 64 valence electrons. The van der Waals surface area contributed by atoms with Crippen LogP contribution >= 0.6 is 0 Å². The minimum Gasteiger partial charge on any atom is -0.427 e. The van der Waals surface area contributed by atoms with Crippen molar-refractivity contribution in [1.82, 2.24) is 0 Å². The molecule has 0 saturated carbocycles. The minimum atomic E-state index is -1.38. The van der Waals surface area contributed by atoms with Crippen LogP contribution in [0.15, 0.2) is 30.3 Å². The van der Waals surface area contributed by atoms with Gasteiger partial charge in [-0.15, -0.1) is 0 Å². The maximum Gasteiger partial charge on any atom is 0.460 e. The lowest BCUT2D eigenvalue weighted by molar-refractivity contribution is 0.388. The number of rotatable bonds is 3. The highest BCUT2D eigenvalue weighted by atomic mass is 16.4. The number of hydrogen-bond donors (Lipinski definition) is 3. The van der Waals surface area contributed by atoms with Crippen LogP contribution < -0.4 is 5.73 Å². The first-order valence-corrected chi connectivity index (χ1v) is 3.87. The standard InChI is InChI=1S/C8H12BNO2/c10-6-8(9(11)12)7-4-2-1-3-5-7/h1-5,8,11-12H,6,10H2. The molecule has 1 atom stereocenters. The molecule has 0 bridgehead atoms. The number of hydrogen-bond acceptors (Lipinski definition) is 3. The van der Waals surface area contributed by atoms with Gasteiger partial charge in [0.1, 0.15) is 0 Å². The Balaban J connectivity index is 2.80. The average molecular weight is 165 g/mol. The summed E-state index contributed by atoms with van der Waals surface area (Å²) in [6.07, 6.45) is 0. The molecule has 1 unspecified atom stereocenters. The van der Waals surface area contributed by atoms with Crippen LogP contribution in [0.25, 0.3) is 0 Å². The van der Waals surface area contributed by atoms with E-state index in [2.05, 4.69) is 0 Å². The van der Waals surface area contributed by atoms with E-state index in [0.29, 0.717) is 0 Å². The second-order valence-electron chi connectivity index (χ2n) is 2.67. The zero-order valence-corrected chi connectivity index (χ0v) is 6.72. The van der Waals surface area contributed by atoms with E-state index < -0.39 is 7.12 Å². The zero-order valence-electron chi connectivity index (χ0n) is 6.72. The lowest BCUT2D eigenvalue weighted by Crippen LogP contribution is -2.29. The summed E-state index contributed by atoms with van der Waals surface area (Å²) in [6.45, 7) is 0.238. The van der Waals surface area contributed by atoms with Crippen molar-refractivity contribution < 1.29 is 10.0 Å². The van der Waals surface area contributed by atoms with Crippen LogP contribution in [0.1, 0.15) is 11.4 Å². The van der Waals surface area contributed by atoms with E-state index in [1.165, 1.54) is 0 Å². The fraction of sp³-hybridized carbons (Fsp3) is 0.250. The van der Waals surface area contributed by atoms with Gasteiger partial charge in [-0.2, -0.15) is 0 Å². The van der Waals surface area contributed by atoms with Crippen LogP contribution in [0.5, 0.6) is 0 Å². The molecule has 1 aromatic carbocycles. The summed E-state index contributed by atoms with van der Waals surface area (Å²) in [5.74, 6) is -0.383. The molecule has 0 aliphatic rings. The summed E-state index contributed by atoms with van der Waals surface area (Å²) in [5, 5.41) is 17.9. The Hall–Kier alpha value is -0.835. The van der Waals surface area contributed by atoms with Crippen molar-refractivity contribution in [3.63, 3.8) is 0 Å². The van der Waals surface area contributed by atoms with Crippen LogP contribution in [0, 0.1) is 0 Å². The molecule has 0 radical (unpaired) electrons. The third-order valence-corrected chi connectivity index (χ3v) is 1.84. The predicted octanol–water partition coefficient (Wildman–Crippen LogP) is -0.259. The smallest absolute Gasteiger partial charge is 0.427 e. The van der Waals surface area contributed by atoms with Gasteiger partial charge in [0.25, 0.3) is 0 Å². The SMILES string of the molecule is NCC(B(O)O)c1ccccc1. The van der Waals surface area contributed by atoms with Gasteiger partial charge in [0.2, 0.25) is 0 Å². The van der Waals surface area contributed by atoms with E-state index >= 15 is 0 Å². The van der Waals surface area contributed by atoms with E-state index in [1.54, 1.807) is 0 Å². The maximum absolute atomic E-state index is 8.94. The van der Waals surface area contributed by atoms with Crippen LogP contribution in [-0.4, -0.2) is 23.7 Å². The van der Waals surface area contributed by atoms with Crippen molar-refractivity contribution in [2.24, 2.45) is 5.73 Å². The summed E-state index contributed by atoms with van der Waals surface area (Å²) >= 11 is 0. The normalized spacial score (nSPS) is 12.6. The fourth-order valence-corrected chi connectivity index (χ4v) is 1.13. The van der Waals surface area contributed by atoms with E-state index in [1.807, 2.05) is 30.3 Å². The maximum atomic E-state index is 8.94. The Labute approximate surface area is 72.0 Å². The van der Waals surface area contributed by atoms with Gasteiger partial charge in [-0.25, -0.2) is 0 Å². The molecule has 4 heteroatoms. The van der Waals surface area contributed by atoms with Crippen LogP contribution in [-0.2, 0) is 0 Å². The highest BCUT2D eigenvalue weighted by molar-refractivity contribution is 6.43. The average Bonchev–Trinajstić information content (AvgIpc) is 2.07. The summed E-state index contributed by atoms with van der Waals surface area (Å²) in [4.78, 5) is 0. The molecule has 0 aliphatic heterocycles. The Kier molecular flexibility index (Phi) is 3.28. The van der Waals surface area contributed by atoms with Crippen LogP contribution in [0.4, 0.5) is 0 Å². The minimum absolute atomic E-state index is 0.238. The van der Waals surface area contributed by atoms with Gasteiger partial charge in [-0.3, -0.25) is 0 Å². The first-order valence-electron chi connectivity index (χ1n) is 3.87. The monoisotopic (exact) mass is 165 g/mol. The first kappa shape index (κ1) is 9.25. The molecule has 0 spiro atoms. The second-order valence-corrected chi connectivity index (χ2v) is 2.67. The van der Waals surface area contributed by atoms with Gasteiger partial charge in [-0.1, -0.05) is 30.3 Å². The second kappa shape index (κ2) is 4.26. The number of benzene rings is 1. The van der Waals surface area contributed by atoms with E-state index in [-0.39, 0.29) is 12.4 Å². The highest BCUT2D eigenvalue weighted by Crippen LogP contribution is 2.14. The molecule has 12 heavy (non-hydrogen) atoms. The molecule has 0 fully saturated rings. The molecule has 1 aromatic rings. The van der Waals surface area contributed by atoms with Gasteiger partial charge in [0.15, 0.2) is 0 Å². The Bertz CT molecular complexity index is 228. The van der Waals surface area contributed by atoms with E-state index in [0.717, 1.165) is 5.56 Å². The third-order valence-electron chi connectivity index (χ3n) is 1.84. The topological polar surface area (TPSA) is 66.5 Å². The summed E-state index contributed by atoms with van der Waals surface area (Å²) in [6, 6.07) is 9.23. The lowest BCUT2D eigenvalue weighted by atomic mass is 9.69. The quantitative estimate of drug-likeness (QED) is 0.540. The molecular formula is C8H12BNO2. The van der Waals surface area contributed by atoms with E-state index in [4.69, 9.17) is 15.8 Å². The zero-order chi connectivity index (χ0) is 8.97. The summed E-state index contributed by atoms with van der Waals surface area (Å²) < 4.78 is 0. The van der Waals surface area contributed by atoms with Crippen molar-refractivity contribution >= 4 is 7.12 Å². The number of nitrogens with two attached hydrogens (primary N) is 1. The van der Waals surface area contributed by atoms with Crippen LogP contribution in [0.3, 0.4) is 0 Å². The molecule has 0 saturated heterocycles. The highest BCUT2D eigenvalue weighted by Gasteiger charge is 2.22. The largest absolute Gasteiger partial charge is 0.460 e. The Morgan fingerprint density at radius 1 is 1.25 bits per heavy atom. The Morgan fingerprint density at radius 2 is 1.83 bits per heavy atom.